The van der Waals surface area contributed by atoms with E-state index >= 15 is 0 Å². The molecule has 0 aromatic heterocycles. The van der Waals surface area contributed by atoms with Gasteiger partial charge in [0.1, 0.15) is 5.41 Å². The molecule has 0 aliphatic heterocycles. The van der Waals surface area contributed by atoms with Crippen LogP contribution >= 0.6 is 0 Å². The van der Waals surface area contributed by atoms with Gasteiger partial charge in [0.15, 0.2) is 0 Å². The summed E-state index contributed by atoms with van der Waals surface area (Å²) in [7, 11) is 4.09. The molecule has 0 radical (unpaired) electrons. The molecule has 8 N–H and O–H groups in total. The molecule has 1 aliphatic carbocycles. The summed E-state index contributed by atoms with van der Waals surface area (Å²) in [5, 5.41) is 18.9. The van der Waals surface area contributed by atoms with Crippen LogP contribution in [-0.2, 0) is 0 Å². The van der Waals surface area contributed by atoms with Gasteiger partial charge in [-0.1, -0.05) is 42.5 Å². The monoisotopic (exact) mass is 534 g/mol. The number of benzene rings is 2. The molecular weight excluding hydrogens is 495 g/mol. The van der Waals surface area contributed by atoms with E-state index < -0.39 is 0 Å². The minimum Gasteiger partial charge on any atom is -1.00 e. The average Bonchev–Trinajstić information content (AvgIpc) is 2.86. The Bertz CT molecular complexity index is 1040. The molecule has 3 rings (SSSR count). The maximum absolute atomic E-state index is 9.44. The van der Waals surface area contributed by atoms with E-state index in [1.165, 1.54) is 5.57 Å². The van der Waals surface area contributed by atoms with Gasteiger partial charge in [0.25, 0.3) is 0 Å². The van der Waals surface area contributed by atoms with Gasteiger partial charge in [0, 0.05) is 38.6 Å². The Labute approximate surface area is 227 Å². The van der Waals surface area contributed by atoms with Crippen LogP contribution in [0.15, 0.2) is 72.3 Å². The van der Waals surface area contributed by atoms with E-state index in [1.807, 2.05) is 19.0 Å². The van der Waals surface area contributed by atoms with Crippen LogP contribution in [0.25, 0.3) is 5.57 Å². The zero-order chi connectivity index (χ0) is 24.7. The number of halogens is 2. The second kappa shape index (κ2) is 14.4. The lowest BCUT2D eigenvalue weighted by molar-refractivity contribution is -0.429. The number of hydrogen-bond acceptors (Lipinski definition) is 4. The van der Waals surface area contributed by atoms with Gasteiger partial charge < -0.3 is 56.3 Å². The summed E-state index contributed by atoms with van der Waals surface area (Å²) < 4.78 is 0. The summed E-state index contributed by atoms with van der Waals surface area (Å²) in [5.74, 6) is 0. The highest BCUT2D eigenvalue weighted by molar-refractivity contribution is 5.88. The zero-order valence-electron chi connectivity index (χ0n) is 21.6. The first-order chi connectivity index (χ1) is 16.4. The number of aliphatic hydroxyl groups excluding tert-OH is 2. The number of rotatable bonds is 10. The van der Waals surface area contributed by atoms with E-state index in [-0.39, 0.29) is 43.4 Å². The van der Waals surface area contributed by atoms with Crippen LogP contribution in [0.2, 0.25) is 0 Å². The molecule has 0 saturated heterocycles. The molecule has 6 nitrogen and oxygen atoms in total. The van der Waals surface area contributed by atoms with Gasteiger partial charge in [-0.3, -0.25) is 0 Å². The van der Waals surface area contributed by atoms with Crippen LogP contribution in [-0.4, -0.2) is 63.7 Å². The van der Waals surface area contributed by atoms with Gasteiger partial charge >= 0.3 is 0 Å². The molecule has 198 valence electrons. The van der Waals surface area contributed by atoms with E-state index in [0.29, 0.717) is 13.1 Å². The van der Waals surface area contributed by atoms with Gasteiger partial charge in [-0.15, -0.1) is 0 Å². The highest BCUT2D eigenvalue weighted by Crippen LogP contribution is 2.36. The maximum atomic E-state index is 9.44. The van der Waals surface area contributed by atoms with Gasteiger partial charge in [0.2, 0.25) is 0 Å². The minimum atomic E-state index is -0.0859. The molecule has 8 heteroatoms. The van der Waals surface area contributed by atoms with Crippen molar-refractivity contribution < 1.29 is 46.5 Å². The Balaban J connectivity index is 0.00000324. The molecule has 0 atom stereocenters. The average molecular weight is 536 g/mol. The lowest BCUT2D eigenvalue weighted by Crippen LogP contribution is -3.00. The molecule has 1 aliphatic rings. The van der Waals surface area contributed by atoms with Crippen molar-refractivity contribution in [2.24, 2.45) is 5.41 Å². The molecule has 0 bridgehead atoms. The molecule has 0 saturated carbocycles. The summed E-state index contributed by atoms with van der Waals surface area (Å²) >= 11 is 0. The van der Waals surface area contributed by atoms with E-state index in [1.54, 1.807) is 0 Å². The van der Waals surface area contributed by atoms with Crippen molar-refractivity contribution in [3.8, 4) is 0 Å². The van der Waals surface area contributed by atoms with Crippen molar-refractivity contribution in [1.82, 2.24) is 0 Å². The van der Waals surface area contributed by atoms with Crippen molar-refractivity contribution in [2.45, 2.75) is 6.92 Å². The Hall–Kier alpha value is -2.32. The fourth-order valence-electron chi connectivity index (χ4n) is 4.39. The summed E-state index contributed by atoms with van der Waals surface area (Å²) in [4.78, 5) is 4.11. The van der Waals surface area contributed by atoms with E-state index in [0.717, 1.165) is 46.7 Å². The quantitative estimate of drug-likeness (QED) is 0.246. The largest absolute Gasteiger partial charge is 1.00 e. The van der Waals surface area contributed by atoms with Gasteiger partial charge in [-0.05, 0) is 59.0 Å². The Morgan fingerprint density at radius 3 is 1.81 bits per heavy atom. The fourth-order valence-corrected chi connectivity index (χ4v) is 4.39. The van der Waals surface area contributed by atoms with E-state index in [2.05, 4.69) is 90.1 Å². The van der Waals surface area contributed by atoms with Crippen molar-refractivity contribution in [1.29, 1.82) is 0 Å². The first-order valence-corrected chi connectivity index (χ1v) is 11.9. The van der Waals surface area contributed by atoms with Crippen molar-refractivity contribution in [3.05, 3.63) is 89.0 Å². The number of nitrogens with zero attached hydrogens (tertiary/aromatic N) is 2. The van der Waals surface area contributed by atoms with Gasteiger partial charge in [0.05, 0.1) is 26.3 Å². The van der Waals surface area contributed by atoms with Crippen LogP contribution in [0.5, 0.6) is 0 Å². The molecule has 0 fully saturated rings. The standard InChI is InChI=1S/C28H38N4O2.2ClH/c1-21-18-25(32(14-16-33)15-17-34)8-9-26(21)27(22-4-6-24(7-5-22)31(2)3)23-10-12-28(19-29,20-30)13-11-23;;/h4-13,18,33-34H,14-17,19-20,29-30H2,1-3H3;2*1H. The first kappa shape index (κ1) is 31.7. The molecular formula is C28H40Cl2N4O2. The van der Waals surface area contributed by atoms with Crippen molar-refractivity contribution >= 4 is 16.9 Å². The Morgan fingerprint density at radius 2 is 1.36 bits per heavy atom. The smallest absolute Gasteiger partial charge is 0.105 e. The fraction of sp³-hybridized carbons (Fsp3) is 0.357. The van der Waals surface area contributed by atoms with E-state index in [4.69, 9.17) is 0 Å². The highest BCUT2D eigenvalue weighted by atomic mass is 35.5. The van der Waals surface area contributed by atoms with Gasteiger partial charge in [-0.2, -0.15) is 0 Å². The first-order valence-electron chi connectivity index (χ1n) is 11.9. The molecule has 2 aromatic carbocycles. The van der Waals surface area contributed by atoms with Crippen LogP contribution in [0, 0.1) is 12.3 Å². The highest BCUT2D eigenvalue weighted by Gasteiger charge is 2.28. The molecule has 0 spiro atoms. The topological polar surface area (TPSA) is 102 Å². The SMILES string of the molecule is Cc1cc(N(CCO)CCO)ccc1C(=C1C=CC(C[NH3+])(C[NH3+])C=C1)c1ccc(N(C)C)cc1.[Cl-].[Cl-]. The second-order valence-electron chi connectivity index (χ2n) is 9.10. The Morgan fingerprint density at radius 1 is 0.833 bits per heavy atom. The van der Waals surface area contributed by atoms with Crippen LogP contribution in [0.4, 0.5) is 11.4 Å². The molecule has 0 unspecified atom stereocenters. The van der Waals surface area contributed by atoms with Crippen molar-refractivity contribution in [3.63, 3.8) is 0 Å². The lowest BCUT2D eigenvalue weighted by Gasteiger charge is -2.26. The predicted molar refractivity (Wildman–Crippen MR) is 141 cm³/mol. The van der Waals surface area contributed by atoms with Crippen molar-refractivity contribution in [2.75, 3.05) is 63.3 Å². The van der Waals surface area contributed by atoms with Crippen LogP contribution < -0.4 is 46.1 Å². The normalized spacial score (nSPS) is 13.6. The summed E-state index contributed by atoms with van der Waals surface area (Å²) in [5.41, 5.74) is 16.1. The second-order valence-corrected chi connectivity index (χ2v) is 9.10. The van der Waals surface area contributed by atoms with Crippen LogP contribution in [0.1, 0.15) is 16.7 Å². The number of anilines is 2. The number of quaternary nitrogens is 2. The minimum absolute atomic E-state index is 0. The molecule has 0 heterocycles. The predicted octanol–water partition coefficient (Wildman–Crippen LogP) is -4.74. The molecule has 2 aromatic rings. The summed E-state index contributed by atoms with van der Waals surface area (Å²) in [6.45, 7) is 4.75. The third-order valence-corrected chi connectivity index (χ3v) is 6.67. The third-order valence-electron chi connectivity index (χ3n) is 6.67. The Kier molecular flexibility index (Phi) is 12.7. The molecule has 0 amide bonds. The molecule has 36 heavy (non-hydrogen) atoms. The summed E-state index contributed by atoms with van der Waals surface area (Å²) in [6, 6.07) is 15.0. The number of aryl methyl sites for hydroxylation is 1. The zero-order valence-corrected chi connectivity index (χ0v) is 23.1. The number of allylic oxidation sites excluding steroid dienone is 3. The summed E-state index contributed by atoms with van der Waals surface area (Å²) in [6.07, 6.45) is 8.90. The lowest BCUT2D eigenvalue weighted by atomic mass is 9.80. The number of hydrogen-bond donors (Lipinski definition) is 4. The van der Waals surface area contributed by atoms with E-state index in [9.17, 15) is 10.2 Å². The van der Waals surface area contributed by atoms with Gasteiger partial charge in [-0.25, -0.2) is 0 Å². The van der Waals surface area contributed by atoms with Crippen LogP contribution in [0.3, 0.4) is 0 Å². The third kappa shape index (κ3) is 7.13. The number of aliphatic hydroxyl groups is 2. The maximum Gasteiger partial charge on any atom is 0.105 e.